The van der Waals surface area contributed by atoms with Gasteiger partial charge in [0.05, 0.1) is 12.0 Å². The predicted molar refractivity (Wildman–Crippen MR) is 66.4 cm³/mol. The van der Waals surface area contributed by atoms with Crippen LogP contribution in [0.3, 0.4) is 0 Å². The van der Waals surface area contributed by atoms with Gasteiger partial charge in [0.1, 0.15) is 6.10 Å². The van der Waals surface area contributed by atoms with E-state index in [-0.39, 0.29) is 18.0 Å². The van der Waals surface area contributed by atoms with Gasteiger partial charge in [-0.25, -0.2) is 0 Å². The van der Waals surface area contributed by atoms with Gasteiger partial charge in [-0.3, -0.25) is 4.79 Å². The van der Waals surface area contributed by atoms with Gasteiger partial charge in [0.2, 0.25) is 0 Å². The Morgan fingerprint density at radius 3 is 1.94 bits per heavy atom. The molecular weight excluding hydrogens is 216 g/mol. The van der Waals surface area contributed by atoms with E-state index in [0.717, 1.165) is 11.1 Å². The molecule has 1 N–H and O–H groups in total. The molecule has 0 saturated carbocycles. The standard InChI is InChI=1S/C14H20O3/c1-9(2)14(16)17-11(4)13-7-5-12(6-8-13)10(3)15/h5-11,15H,1-4H3/t10-,11+/m0/s1. The van der Waals surface area contributed by atoms with Crippen molar-refractivity contribution in [1.82, 2.24) is 0 Å². The van der Waals surface area contributed by atoms with Gasteiger partial charge in [0, 0.05) is 0 Å². The van der Waals surface area contributed by atoms with Crippen LogP contribution in [0.1, 0.15) is 51.0 Å². The minimum atomic E-state index is -0.474. The van der Waals surface area contributed by atoms with Gasteiger partial charge >= 0.3 is 5.97 Å². The molecule has 1 aromatic rings. The van der Waals surface area contributed by atoms with Crippen LogP contribution in [0.2, 0.25) is 0 Å². The first kappa shape index (κ1) is 13.7. The van der Waals surface area contributed by atoms with Crippen LogP contribution in [0.25, 0.3) is 0 Å². The second-order valence-electron chi connectivity index (χ2n) is 4.58. The minimum absolute atomic E-state index is 0.116. The molecule has 0 spiro atoms. The molecule has 2 atom stereocenters. The zero-order chi connectivity index (χ0) is 13.0. The highest BCUT2D eigenvalue weighted by Gasteiger charge is 2.14. The number of benzene rings is 1. The van der Waals surface area contributed by atoms with E-state index in [1.165, 1.54) is 0 Å². The zero-order valence-electron chi connectivity index (χ0n) is 10.8. The number of ether oxygens (including phenoxy) is 1. The van der Waals surface area contributed by atoms with Crippen LogP contribution in [0.4, 0.5) is 0 Å². The van der Waals surface area contributed by atoms with Gasteiger partial charge in [-0.15, -0.1) is 0 Å². The van der Waals surface area contributed by atoms with E-state index >= 15 is 0 Å². The van der Waals surface area contributed by atoms with E-state index in [4.69, 9.17) is 4.74 Å². The molecule has 3 nitrogen and oxygen atoms in total. The van der Waals surface area contributed by atoms with Gasteiger partial charge < -0.3 is 9.84 Å². The second-order valence-corrected chi connectivity index (χ2v) is 4.58. The lowest BCUT2D eigenvalue weighted by molar-refractivity contribution is -0.152. The number of aliphatic hydroxyl groups excluding tert-OH is 1. The van der Waals surface area contributed by atoms with Gasteiger partial charge in [-0.2, -0.15) is 0 Å². The summed E-state index contributed by atoms with van der Waals surface area (Å²) in [6.07, 6.45) is -0.731. The fraction of sp³-hybridized carbons (Fsp3) is 0.500. The van der Waals surface area contributed by atoms with Gasteiger partial charge in [0.25, 0.3) is 0 Å². The molecule has 0 fully saturated rings. The van der Waals surface area contributed by atoms with Crippen LogP contribution in [0.15, 0.2) is 24.3 Å². The second kappa shape index (κ2) is 5.82. The Morgan fingerprint density at radius 1 is 1.06 bits per heavy atom. The highest BCUT2D eigenvalue weighted by molar-refractivity contribution is 5.71. The first-order valence-corrected chi connectivity index (χ1v) is 5.90. The van der Waals surface area contributed by atoms with Crippen LogP contribution in [0, 0.1) is 5.92 Å². The molecule has 0 amide bonds. The molecule has 0 unspecified atom stereocenters. The van der Waals surface area contributed by atoms with Crippen molar-refractivity contribution in [3.8, 4) is 0 Å². The normalized spacial score (nSPS) is 14.5. The summed E-state index contributed by atoms with van der Waals surface area (Å²) in [6, 6.07) is 7.44. The van der Waals surface area contributed by atoms with E-state index in [2.05, 4.69) is 0 Å². The molecule has 0 bridgehead atoms. The molecule has 1 aromatic carbocycles. The summed E-state index contributed by atoms with van der Waals surface area (Å²) in [7, 11) is 0. The van der Waals surface area contributed by atoms with E-state index < -0.39 is 6.10 Å². The highest BCUT2D eigenvalue weighted by atomic mass is 16.5. The summed E-state index contributed by atoms with van der Waals surface area (Å²) in [5.41, 5.74) is 1.79. The van der Waals surface area contributed by atoms with Crippen molar-refractivity contribution in [2.75, 3.05) is 0 Å². The van der Waals surface area contributed by atoms with Crippen LogP contribution in [-0.2, 0) is 9.53 Å². The SMILES string of the molecule is CC(C)C(=O)O[C@H](C)c1ccc([C@H](C)O)cc1. The molecule has 0 radical (unpaired) electrons. The number of carbonyl (C=O) groups excluding carboxylic acids is 1. The zero-order valence-corrected chi connectivity index (χ0v) is 10.8. The summed E-state index contributed by atoms with van der Waals surface area (Å²) in [5.74, 6) is -0.314. The van der Waals surface area contributed by atoms with E-state index in [9.17, 15) is 9.90 Å². The topological polar surface area (TPSA) is 46.5 Å². The lowest BCUT2D eigenvalue weighted by Crippen LogP contribution is -2.14. The highest BCUT2D eigenvalue weighted by Crippen LogP contribution is 2.20. The summed E-state index contributed by atoms with van der Waals surface area (Å²) >= 11 is 0. The summed E-state index contributed by atoms with van der Waals surface area (Å²) in [6.45, 7) is 7.19. The Labute approximate surface area is 102 Å². The molecular formula is C14H20O3. The quantitative estimate of drug-likeness (QED) is 0.817. The lowest BCUT2D eigenvalue weighted by atomic mass is 10.1. The smallest absolute Gasteiger partial charge is 0.308 e. The van der Waals surface area contributed by atoms with Crippen molar-refractivity contribution in [3.05, 3.63) is 35.4 Å². The number of hydrogen-bond acceptors (Lipinski definition) is 3. The van der Waals surface area contributed by atoms with Crippen LogP contribution in [0.5, 0.6) is 0 Å². The van der Waals surface area contributed by atoms with Gasteiger partial charge in [0.15, 0.2) is 0 Å². The Balaban J connectivity index is 2.70. The molecule has 94 valence electrons. The van der Waals surface area contributed by atoms with Crippen molar-refractivity contribution in [2.24, 2.45) is 5.92 Å². The lowest BCUT2D eigenvalue weighted by Gasteiger charge is -2.16. The maximum absolute atomic E-state index is 11.4. The third-order valence-electron chi connectivity index (χ3n) is 2.65. The molecule has 0 aliphatic rings. The van der Waals surface area contributed by atoms with Crippen molar-refractivity contribution in [1.29, 1.82) is 0 Å². The van der Waals surface area contributed by atoms with Gasteiger partial charge in [-0.05, 0) is 25.0 Å². The van der Waals surface area contributed by atoms with Gasteiger partial charge in [-0.1, -0.05) is 38.1 Å². The number of rotatable bonds is 4. The van der Waals surface area contributed by atoms with Crippen molar-refractivity contribution in [3.63, 3.8) is 0 Å². The Morgan fingerprint density at radius 2 is 1.53 bits per heavy atom. The molecule has 0 heterocycles. The molecule has 0 aliphatic carbocycles. The Bertz CT molecular complexity index is 366. The summed E-state index contributed by atoms with van der Waals surface area (Å²) in [5, 5.41) is 9.39. The van der Waals surface area contributed by atoms with Crippen molar-refractivity contribution < 1.29 is 14.6 Å². The summed E-state index contributed by atoms with van der Waals surface area (Å²) in [4.78, 5) is 11.4. The van der Waals surface area contributed by atoms with Crippen LogP contribution in [-0.4, -0.2) is 11.1 Å². The van der Waals surface area contributed by atoms with E-state index in [0.29, 0.717) is 0 Å². The Kier molecular flexibility index (Phi) is 4.70. The maximum atomic E-state index is 11.4. The van der Waals surface area contributed by atoms with Crippen molar-refractivity contribution >= 4 is 5.97 Å². The number of aliphatic hydroxyl groups is 1. The molecule has 0 aromatic heterocycles. The average Bonchev–Trinajstić information content (AvgIpc) is 2.28. The Hall–Kier alpha value is -1.35. The number of esters is 1. The van der Waals surface area contributed by atoms with Crippen molar-refractivity contribution in [2.45, 2.75) is 39.9 Å². The molecule has 1 rings (SSSR count). The molecule has 0 aliphatic heterocycles. The van der Waals surface area contributed by atoms with E-state index in [1.54, 1.807) is 6.92 Å². The number of hydrogen-bond donors (Lipinski definition) is 1. The fourth-order valence-corrected chi connectivity index (χ4v) is 1.42. The van der Waals surface area contributed by atoms with E-state index in [1.807, 2.05) is 45.0 Å². The largest absolute Gasteiger partial charge is 0.458 e. The predicted octanol–water partition coefficient (Wildman–Crippen LogP) is 3.00. The first-order chi connectivity index (χ1) is 7.91. The fourth-order valence-electron chi connectivity index (χ4n) is 1.42. The third kappa shape index (κ3) is 3.86. The molecule has 17 heavy (non-hydrogen) atoms. The number of carbonyl (C=O) groups is 1. The average molecular weight is 236 g/mol. The molecule has 3 heteroatoms. The monoisotopic (exact) mass is 236 g/mol. The third-order valence-corrected chi connectivity index (χ3v) is 2.65. The molecule has 0 saturated heterocycles. The van der Waals surface area contributed by atoms with Crippen LogP contribution < -0.4 is 0 Å². The summed E-state index contributed by atoms with van der Waals surface area (Å²) < 4.78 is 5.30. The van der Waals surface area contributed by atoms with Crippen LogP contribution >= 0.6 is 0 Å². The first-order valence-electron chi connectivity index (χ1n) is 5.90. The minimum Gasteiger partial charge on any atom is -0.458 e. The maximum Gasteiger partial charge on any atom is 0.308 e.